The van der Waals surface area contributed by atoms with Gasteiger partial charge in [-0.1, -0.05) is 0 Å². The second-order valence-corrected chi connectivity index (χ2v) is 2.27. The molecular formula is C9H10O4. The summed E-state index contributed by atoms with van der Waals surface area (Å²) >= 11 is 0. The highest BCUT2D eigenvalue weighted by atomic mass is 16.7. The fourth-order valence-corrected chi connectivity index (χ4v) is 0.871. The van der Waals surface area contributed by atoms with E-state index in [1.165, 1.54) is 0 Å². The maximum Gasteiger partial charge on any atom is 0.511 e. The van der Waals surface area contributed by atoms with Gasteiger partial charge in [-0.25, -0.2) is 4.79 Å². The average molecular weight is 182 g/mol. The van der Waals surface area contributed by atoms with Crippen LogP contribution in [-0.4, -0.2) is 17.9 Å². The zero-order valence-corrected chi connectivity index (χ0v) is 7.19. The SMILES string of the molecule is CCOc1ccc(OC(=O)O)cc1. The van der Waals surface area contributed by atoms with Gasteiger partial charge in [0.25, 0.3) is 0 Å². The van der Waals surface area contributed by atoms with E-state index >= 15 is 0 Å². The number of carbonyl (C=O) groups is 1. The van der Waals surface area contributed by atoms with Crippen LogP contribution in [0.3, 0.4) is 0 Å². The Morgan fingerprint density at radius 3 is 2.31 bits per heavy atom. The molecule has 0 aliphatic carbocycles. The molecule has 0 saturated carbocycles. The van der Waals surface area contributed by atoms with Gasteiger partial charge in [-0.05, 0) is 31.2 Å². The summed E-state index contributed by atoms with van der Waals surface area (Å²) in [6, 6.07) is 6.39. The predicted molar refractivity (Wildman–Crippen MR) is 46.3 cm³/mol. The molecule has 4 nitrogen and oxygen atoms in total. The smallest absolute Gasteiger partial charge is 0.494 e. The highest BCUT2D eigenvalue weighted by Gasteiger charge is 1.99. The van der Waals surface area contributed by atoms with Crippen molar-refractivity contribution in [3.8, 4) is 11.5 Å². The Hall–Kier alpha value is -1.71. The maximum atomic E-state index is 10.1. The molecular weight excluding hydrogens is 172 g/mol. The molecule has 1 aromatic rings. The van der Waals surface area contributed by atoms with Crippen molar-refractivity contribution in [2.45, 2.75) is 6.92 Å². The second kappa shape index (κ2) is 4.35. The second-order valence-electron chi connectivity index (χ2n) is 2.27. The minimum Gasteiger partial charge on any atom is -0.494 e. The fourth-order valence-electron chi connectivity index (χ4n) is 0.871. The van der Waals surface area contributed by atoms with Crippen LogP contribution < -0.4 is 9.47 Å². The maximum absolute atomic E-state index is 10.1. The summed E-state index contributed by atoms with van der Waals surface area (Å²) in [5, 5.41) is 8.29. The van der Waals surface area contributed by atoms with E-state index in [9.17, 15) is 4.79 Å². The lowest BCUT2D eigenvalue weighted by molar-refractivity contribution is 0.144. The van der Waals surface area contributed by atoms with E-state index in [4.69, 9.17) is 9.84 Å². The molecule has 0 atom stereocenters. The zero-order chi connectivity index (χ0) is 9.68. The average Bonchev–Trinajstić information content (AvgIpc) is 2.08. The van der Waals surface area contributed by atoms with Crippen LogP contribution in [0.15, 0.2) is 24.3 Å². The third-order valence-corrected chi connectivity index (χ3v) is 1.34. The Bertz CT molecular complexity index is 278. The Morgan fingerprint density at radius 1 is 1.31 bits per heavy atom. The molecule has 1 aromatic carbocycles. The Labute approximate surface area is 75.7 Å². The molecule has 13 heavy (non-hydrogen) atoms. The molecule has 0 heterocycles. The van der Waals surface area contributed by atoms with Gasteiger partial charge in [-0.15, -0.1) is 0 Å². The van der Waals surface area contributed by atoms with Crippen molar-refractivity contribution in [2.75, 3.05) is 6.61 Å². The molecule has 0 aliphatic rings. The highest BCUT2D eigenvalue weighted by Crippen LogP contribution is 2.17. The summed E-state index contributed by atoms with van der Waals surface area (Å²) in [7, 11) is 0. The summed E-state index contributed by atoms with van der Waals surface area (Å²) in [6.07, 6.45) is -1.32. The molecule has 0 spiro atoms. The molecule has 70 valence electrons. The molecule has 1 rings (SSSR count). The van der Waals surface area contributed by atoms with Crippen molar-refractivity contribution < 1.29 is 19.4 Å². The third-order valence-electron chi connectivity index (χ3n) is 1.34. The van der Waals surface area contributed by atoms with Gasteiger partial charge in [-0.2, -0.15) is 0 Å². The molecule has 0 unspecified atom stereocenters. The van der Waals surface area contributed by atoms with Crippen LogP contribution in [0.4, 0.5) is 4.79 Å². The number of hydrogen-bond donors (Lipinski definition) is 1. The van der Waals surface area contributed by atoms with Crippen LogP contribution in [0.5, 0.6) is 11.5 Å². The van der Waals surface area contributed by atoms with Crippen LogP contribution in [0, 0.1) is 0 Å². The molecule has 0 amide bonds. The number of benzene rings is 1. The fraction of sp³-hybridized carbons (Fsp3) is 0.222. The van der Waals surface area contributed by atoms with Crippen molar-refractivity contribution in [1.82, 2.24) is 0 Å². The van der Waals surface area contributed by atoms with Gasteiger partial charge in [0.15, 0.2) is 0 Å². The van der Waals surface area contributed by atoms with Crippen LogP contribution >= 0.6 is 0 Å². The first-order valence-corrected chi connectivity index (χ1v) is 3.86. The van der Waals surface area contributed by atoms with E-state index in [0.717, 1.165) is 0 Å². The Balaban J connectivity index is 2.64. The van der Waals surface area contributed by atoms with E-state index in [0.29, 0.717) is 12.4 Å². The summed E-state index contributed by atoms with van der Waals surface area (Å²) in [5.41, 5.74) is 0. The van der Waals surface area contributed by atoms with Crippen molar-refractivity contribution in [2.24, 2.45) is 0 Å². The Kier molecular flexibility index (Phi) is 3.14. The Morgan fingerprint density at radius 2 is 1.85 bits per heavy atom. The molecule has 4 heteroatoms. The predicted octanol–water partition coefficient (Wildman–Crippen LogP) is 2.14. The number of ether oxygens (including phenoxy) is 2. The van der Waals surface area contributed by atoms with Crippen LogP contribution in [0.1, 0.15) is 6.92 Å². The lowest BCUT2D eigenvalue weighted by Crippen LogP contribution is -2.02. The van der Waals surface area contributed by atoms with Crippen LogP contribution in [-0.2, 0) is 0 Å². The molecule has 1 N–H and O–H groups in total. The van der Waals surface area contributed by atoms with E-state index in [1.54, 1.807) is 24.3 Å². The molecule has 0 bridgehead atoms. The monoisotopic (exact) mass is 182 g/mol. The number of carboxylic acid groups (broad SMARTS) is 1. The van der Waals surface area contributed by atoms with Gasteiger partial charge < -0.3 is 14.6 Å². The van der Waals surface area contributed by atoms with E-state index < -0.39 is 6.16 Å². The van der Waals surface area contributed by atoms with Crippen molar-refractivity contribution in [3.05, 3.63) is 24.3 Å². The molecule has 0 aliphatic heterocycles. The third kappa shape index (κ3) is 3.02. The van der Waals surface area contributed by atoms with Gasteiger partial charge in [0.05, 0.1) is 6.61 Å². The van der Waals surface area contributed by atoms with Gasteiger partial charge >= 0.3 is 6.16 Å². The first-order chi connectivity index (χ1) is 6.22. The molecule has 0 saturated heterocycles. The lowest BCUT2D eigenvalue weighted by atomic mass is 10.3. The van der Waals surface area contributed by atoms with Gasteiger partial charge in [0, 0.05) is 0 Å². The summed E-state index contributed by atoms with van der Waals surface area (Å²) < 4.78 is 9.57. The van der Waals surface area contributed by atoms with Gasteiger partial charge in [0.1, 0.15) is 11.5 Å². The molecule has 0 fully saturated rings. The lowest BCUT2D eigenvalue weighted by Gasteiger charge is -2.03. The minimum absolute atomic E-state index is 0.288. The van der Waals surface area contributed by atoms with Crippen LogP contribution in [0.2, 0.25) is 0 Å². The molecule has 0 radical (unpaired) electrons. The summed E-state index contributed by atoms with van der Waals surface area (Å²) in [6.45, 7) is 2.46. The van der Waals surface area contributed by atoms with Gasteiger partial charge in [-0.3, -0.25) is 0 Å². The largest absolute Gasteiger partial charge is 0.511 e. The number of hydrogen-bond acceptors (Lipinski definition) is 3. The summed E-state index contributed by atoms with van der Waals surface area (Å²) in [4.78, 5) is 10.1. The summed E-state index contributed by atoms with van der Waals surface area (Å²) in [5.74, 6) is 0.983. The first-order valence-electron chi connectivity index (χ1n) is 3.86. The van der Waals surface area contributed by atoms with E-state index in [1.807, 2.05) is 6.92 Å². The van der Waals surface area contributed by atoms with Gasteiger partial charge in [0.2, 0.25) is 0 Å². The zero-order valence-electron chi connectivity index (χ0n) is 7.19. The van der Waals surface area contributed by atoms with E-state index in [-0.39, 0.29) is 5.75 Å². The standard InChI is InChI=1S/C9H10O4/c1-2-12-7-3-5-8(6-4-7)13-9(10)11/h3-6H,2H2,1H3,(H,10,11). The quantitative estimate of drug-likeness (QED) is 0.574. The van der Waals surface area contributed by atoms with Crippen molar-refractivity contribution in [3.63, 3.8) is 0 Å². The highest BCUT2D eigenvalue weighted by molar-refractivity contribution is 5.61. The van der Waals surface area contributed by atoms with Crippen molar-refractivity contribution in [1.29, 1.82) is 0 Å². The minimum atomic E-state index is -1.32. The molecule has 0 aromatic heterocycles. The first kappa shape index (κ1) is 9.38. The van der Waals surface area contributed by atoms with Crippen LogP contribution in [0.25, 0.3) is 0 Å². The number of rotatable bonds is 3. The topological polar surface area (TPSA) is 55.8 Å². The van der Waals surface area contributed by atoms with E-state index in [2.05, 4.69) is 4.74 Å². The van der Waals surface area contributed by atoms with Crippen molar-refractivity contribution >= 4 is 6.16 Å². The normalized spacial score (nSPS) is 9.31.